The molecule has 3 aromatic carbocycles. The highest BCUT2D eigenvalue weighted by atomic mass is 16.5. The van der Waals surface area contributed by atoms with Crippen LogP contribution in [0.25, 0.3) is 16.6 Å². The highest BCUT2D eigenvalue weighted by Crippen LogP contribution is 2.29. The van der Waals surface area contributed by atoms with Gasteiger partial charge in [-0.25, -0.2) is 0 Å². The van der Waals surface area contributed by atoms with Crippen molar-refractivity contribution in [2.24, 2.45) is 5.73 Å². The average Bonchev–Trinajstić information content (AvgIpc) is 3.16. The van der Waals surface area contributed by atoms with Gasteiger partial charge in [0.15, 0.2) is 0 Å². The second kappa shape index (κ2) is 10.0. The summed E-state index contributed by atoms with van der Waals surface area (Å²) in [5.41, 5.74) is 10.7. The Balaban J connectivity index is 1.66. The number of rotatable bonds is 9. The molecule has 0 amide bonds. The van der Waals surface area contributed by atoms with Crippen molar-refractivity contribution in [2.45, 2.75) is 18.9 Å². The van der Waals surface area contributed by atoms with Crippen molar-refractivity contribution in [3.8, 4) is 17.2 Å². The minimum atomic E-state index is -0.239. The largest absolute Gasteiger partial charge is 0.457 e. The van der Waals surface area contributed by atoms with Crippen LogP contribution in [0.3, 0.4) is 0 Å². The first-order valence-corrected chi connectivity index (χ1v) is 11.0. The summed E-state index contributed by atoms with van der Waals surface area (Å²) >= 11 is 0. The van der Waals surface area contributed by atoms with Crippen molar-refractivity contribution in [2.75, 3.05) is 27.2 Å². The molecule has 0 aliphatic heterocycles. The molecule has 4 rings (SSSR count). The molecule has 1 atom stereocenters. The Labute approximate surface area is 189 Å². The Bertz CT molecular complexity index is 1150. The number of nitrogens with two attached hydrogens (primary N) is 1. The van der Waals surface area contributed by atoms with Crippen molar-refractivity contribution in [1.29, 1.82) is 0 Å². The standard InChI is InChI=1S/C27H31N3O2/c1-29(2)15-14-21-18-30(27-13-8-20(17-26(21)27)16-22(28)19-31)23-9-11-25(12-10-23)32-24-6-4-3-5-7-24/h3-13,17-18,22,31H,14-16,19,28H2,1-2H3/t22-/m0/s1. The number of likely N-dealkylation sites (N-methyl/N-ethyl adjacent to an activating group) is 1. The number of nitrogens with zero attached hydrogens (tertiary/aromatic N) is 2. The highest BCUT2D eigenvalue weighted by molar-refractivity contribution is 5.86. The van der Waals surface area contributed by atoms with Crippen LogP contribution in [0, 0.1) is 0 Å². The quantitative estimate of drug-likeness (QED) is 0.414. The summed E-state index contributed by atoms with van der Waals surface area (Å²) in [5, 5.41) is 10.6. The molecule has 5 heteroatoms. The molecule has 1 heterocycles. The second-order valence-electron chi connectivity index (χ2n) is 8.48. The van der Waals surface area contributed by atoms with Crippen LogP contribution in [-0.2, 0) is 12.8 Å². The van der Waals surface area contributed by atoms with Gasteiger partial charge in [-0.1, -0.05) is 24.3 Å². The molecule has 32 heavy (non-hydrogen) atoms. The maximum absolute atomic E-state index is 9.33. The molecule has 0 bridgehead atoms. The van der Waals surface area contributed by atoms with Crippen LogP contribution in [0.2, 0.25) is 0 Å². The van der Waals surface area contributed by atoms with E-state index in [1.165, 1.54) is 10.9 Å². The lowest BCUT2D eigenvalue weighted by Gasteiger charge is -2.10. The summed E-state index contributed by atoms with van der Waals surface area (Å²) in [6, 6.07) is 24.2. The van der Waals surface area contributed by atoms with Gasteiger partial charge in [0.25, 0.3) is 0 Å². The number of ether oxygens (including phenoxy) is 1. The van der Waals surface area contributed by atoms with E-state index in [1.54, 1.807) is 0 Å². The molecule has 166 valence electrons. The van der Waals surface area contributed by atoms with E-state index in [0.717, 1.165) is 41.2 Å². The fourth-order valence-corrected chi connectivity index (χ4v) is 3.90. The Morgan fingerprint density at radius 1 is 0.969 bits per heavy atom. The zero-order valence-electron chi connectivity index (χ0n) is 18.7. The molecule has 0 fully saturated rings. The maximum Gasteiger partial charge on any atom is 0.127 e. The van der Waals surface area contributed by atoms with Gasteiger partial charge >= 0.3 is 0 Å². The summed E-state index contributed by atoms with van der Waals surface area (Å²) in [6.07, 6.45) is 3.86. The van der Waals surface area contributed by atoms with Crippen LogP contribution < -0.4 is 10.5 Å². The predicted molar refractivity (Wildman–Crippen MR) is 131 cm³/mol. The van der Waals surface area contributed by atoms with Crippen LogP contribution in [0.1, 0.15) is 11.1 Å². The van der Waals surface area contributed by atoms with Crippen molar-refractivity contribution in [3.63, 3.8) is 0 Å². The molecule has 0 saturated heterocycles. The number of hydrogen-bond donors (Lipinski definition) is 2. The number of fused-ring (bicyclic) bond motifs is 1. The number of aliphatic hydroxyl groups excluding tert-OH is 1. The Morgan fingerprint density at radius 2 is 1.69 bits per heavy atom. The van der Waals surface area contributed by atoms with E-state index < -0.39 is 0 Å². The third-order valence-corrected chi connectivity index (χ3v) is 5.61. The topological polar surface area (TPSA) is 63.7 Å². The molecule has 0 aliphatic carbocycles. The van der Waals surface area contributed by atoms with Gasteiger partial charge in [-0.2, -0.15) is 0 Å². The minimum absolute atomic E-state index is 0.00998. The lowest BCUT2D eigenvalue weighted by Crippen LogP contribution is -2.26. The molecule has 5 nitrogen and oxygen atoms in total. The molecule has 0 saturated carbocycles. The van der Waals surface area contributed by atoms with E-state index in [0.29, 0.717) is 6.42 Å². The lowest BCUT2D eigenvalue weighted by molar-refractivity contribution is 0.265. The van der Waals surface area contributed by atoms with Crippen LogP contribution in [0.4, 0.5) is 0 Å². The van der Waals surface area contributed by atoms with Crippen LogP contribution in [-0.4, -0.2) is 47.9 Å². The zero-order chi connectivity index (χ0) is 22.5. The molecular formula is C27H31N3O2. The molecule has 1 aromatic heterocycles. The number of hydrogen-bond acceptors (Lipinski definition) is 4. The average molecular weight is 430 g/mol. The van der Waals surface area contributed by atoms with Crippen LogP contribution >= 0.6 is 0 Å². The molecule has 0 aliphatic rings. The number of benzene rings is 3. The normalized spacial score (nSPS) is 12.4. The third kappa shape index (κ3) is 5.19. The maximum atomic E-state index is 9.33. The van der Waals surface area contributed by atoms with E-state index >= 15 is 0 Å². The van der Waals surface area contributed by atoms with E-state index in [2.05, 4.69) is 60.1 Å². The van der Waals surface area contributed by atoms with Gasteiger partial charge in [-0.15, -0.1) is 0 Å². The van der Waals surface area contributed by atoms with Crippen molar-refractivity contribution in [3.05, 3.63) is 90.1 Å². The van der Waals surface area contributed by atoms with E-state index in [4.69, 9.17) is 10.5 Å². The minimum Gasteiger partial charge on any atom is -0.457 e. The monoisotopic (exact) mass is 429 g/mol. The summed E-state index contributed by atoms with van der Waals surface area (Å²) in [6.45, 7) is 0.966. The highest BCUT2D eigenvalue weighted by Gasteiger charge is 2.13. The van der Waals surface area contributed by atoms with Crippen molar-refractivity contribution >= 4 is 10.9 Å². The zero-order valence-corrected chi connectivity index (χ0v) is 18.7. The van der Waals surface area contributed by atoms with Gasteiger partial charge in [0.2, 0.25) is 0 Å². The van der Waals surface area contributed by atoms with Gasteiger partial charge in [-0.3, -0.25) is 0 Å². The molecule has 0 radical (unpaired) electrons. The van der Waals surface area contributed by atoms with E-state index in [9.17, 15) is 5.11 Å². The summed E-state index contributed by atoms with van der Waals surface area (Å²) in [4.78, 5) is 2.20. The van der Waals surface area contributed by atoms with Gasteiger partial charge in [0, 0.05) is 29.9 Å². The summed E-state index contributed by atoms with van der Waals surface area (Å²) in [7, 11) is 4.19. The summed E-state index contributed by atoms with van der Waals surface area (Å²) in [5.74, 6) is 1.63. The molecular weight excluding hydrogens is 398 g/mol. The lowest BCUT2D eigenvalue weighted by atomic mass is 10.0. The van der Waals surface area contributed by atoms with Gasteiger partial charge in [0.05, 0.1) is 12.1 Å². The first kappa shape index (κ1) is 22.1. The molecule has 0 spiro atoms. The fourth-order valence-electron chi connectivity index (χ4n) is 3.90. The first-order valence-electron chi connectivity index (χ1n) is 11.0. The Morgan fingerprint density at radius 3 is 2.38 bits per heavy atom. The van der Waals surface area contributed by atoms with Gasteiger partial charge < -0.3 is 25.0 Å². The number of aliphatic hydroxyl groups is 1. The molecule has 4 aromatic rings. The number of aromatic nitrogens is 1. The van der Waals surface area contributed by atoms with Crippen molar-refractivity contribution < 1.29 is 9.84 Å². The number of para-hydroxylation sites is 1. The molecule has 3 N–H and O–H groups in total. The smallest absolute Gasteiger partial charge is 0.127 e. The van der Waals surface area contributed by atoms with E-state index in [-0.39, 0.29) is 12.6 Å². The predicted octanol–water partition coefficient (Wildman–Crippen LogP) is 4.39. The van der Waals surface area contributed by atoms with E-state index in [1.807, 2.05) is 42.5 Å². The SMILES string of the molecule is CN(C)CCc1cn(-c2ccc(Oc3ccccc3)cc2)c2ccc(C[C@H](N)CO)cc12. The first-order chi connectivity index (χ1) is 15.5. The summed E-state index contributed by atoms with van der Waals surface area (Å²) < 4.78 is 8.18. The van der Waals surface area contributed by atoms with Gasteiger partial charge in [-0.05, 0) is 86.6 Å². The van der Waals surface area contributed by atoms with Gasteiger partial charge in [0.1, 0.15) is 11.5 Å². The fraction of sp³-hybridized carbons (Fsp3) is 0.259. The molecule has 0 unspecified atom stereocenters. The Kier molecular flexibility index (Phi) is 6.90. The second-order valence-corrected chi connectivity index (χ2v) is 8.48. The van der Waals surface area contributed by atoms with Crippen molar-refractivity contribution in [1.82, 2.24) is 9.47 Å². The van der Waals surface area contributed by atoms with Crippen LogP contribution in [0.15, 0.2) is 79.0 Å². The van der Waals surface area contributed by atoms with Crippen LogP contribution in [0.5, 0.6) is 11.5 Å². The Hall–Kier alpha value is -3.12. The third-order valence-electron chi connectivity index (χ3n) is 5.61.